The van der Waals surface area contributed by atoms with E-state index in [1.165, 1.54) is 0 Å². The van der Waals surface area contributed by atoms with Crippen molar-refractivity contribution in [1.29, 1.82) is 0 Å². The maximum Gasteiger partial charge on any atom is 0.182 e. The Bertz CT molecular complexity index is 628. The van der Waals surface area contributed by atoms with Gasteiger partial charge < -0.3 is 5.32 Å². The van der Waals surface area contributed by atoms with E-state index in [0.717, 1.165) is 30.2 Å². The van der Waals surface area contributed by atoms with Crippen LogP contribution in [0.4, 0.5) is 18.9 Å². The average molecular weight is 264 g/mol. The number of nitrogens with zero attached hydrogens (tertiary/aromatic N) is 1. The SMILES string of the molecule is Fc1cc(F)c(F)c(NC2CCc3cccnc32)c1. The smallest absolute Gasteiger partial charge is 0.182 e. The summed E-state index contributed by atoms with van der Waals surface area (Å²) in [4.78, 5) is 4.24. The quantitative estimate of drug-likeness (QED) is 0.838. The molecule has 5 heteroatoms. The lowest BCUT2D eigenvalue weighted by Crippen LogP contribution is -2.10. The second kappa shape index (κ2) is 4.57. The predicted octanol–water partition coefficient (Wildman–Crippen LogP) is 3.60. The molecule has 1 aromatic carbocycles. The molecule has 0 saturated carbocycles. The molecule has 98 valence electrons. The van der Waals surface area contributed by atoms with Gasteiger partial charge in [-0.1, -0.05) is 6.07 Å². The van der Waals surface area contributed by atoms with Crippen molar-refractivity contribution >= 4 is 5.69 Å². The first-order valence-corrected chi connectivity index (χ1v) is 6.00. The highest BCUT2D eigenvalue weighted by Gasteiger charge is 2.25. The number of pyridine rings is 1. The minimum absolute atomic E-state index is 0.166. The van der Waals surface area contributed by atoms with E-state index in [9.17, 15) is 13.2 Å². The van der Waals surface area contributed by atoms with Gasteiger partial charge in [0.2, 0.25) is 0 Å². The van der Waals surface area contributed by atoms with Crippen molar-refractivity contribution in [2.45, 2.75) is 18.9 Å². The summed E-state index contributed by atoms with van der Waals surface area (Å²) in [5.74, 6) is -3.06. The Labute approximate surface area is 108 Å². The minimum Gasteiger partial charge on any atom is -0.374 e. The molecular formula is C14H11F3N2. The summed E-state index contributed by atoms with van der Waals surface area (Å²) >= 11 is 0. The summed E-state index contributed by atoms with van der Waals surface area (Å²) in [5, 5.41) is 2.83. The molecule has 0 amide bonds. The molecule has 0 aliphatic heterocycles. The molecule has 3 rings (SSSR count). The van der Waals surface area contributed by atoms with Crippen molar-refractivity contribution in [2.24, 2.45) is 0 Å². The Morgan fingerprint density at radius 1 is 1.21 bits per heavy atom. The van der Waals surface area contributed by atoms with Gasteiger partial charge in [-0.3, -0.25) is 4.98 Å². The van der Waals surface area contributed by atoms with Crippen molar-refractivity contribution in [3.05, 3.63) is 59.2 Å². The summed E-state index contributed by atoms with van der Waals surface area (Å²) in [6.07, 6.45) is 3.20. The topological polar surface area (TPSA) is 24.9 Å². The zero-order chi connectivity index (χ0) is 13.4. The first kappa shape index (κ1) is 12.0. The van der Waals surface area contributed by atoms with E-state index in [1.54, 1.807) is 6.20 Å². The van der Waals surface area contributed by atoms with Crippen LogP contribution in [0, 0.1) is 17.5 Å². The van der Waals surface area contributed by atoms with E-state index >= 15 is 0 Å². The third-order valence-corrected chi connectivity index (χ3v) is 3.28. The van der Waals surface area contributed by atoms with Gasteiger partial charge in [0.15, 0.2) is 11.6 Å². The standard InChI is InChI=1S/C14H11F3N2/c15-9-6-10(16)13(17)12(7-9)19-11-4-3-8-2-1-5-18-14(8)11/h1-2,5-7,11,19H,3-4H2. The van der Waals surface area contributed by atoms with E-state index in [1.807, 2.05) is 12.1 Å². The lowest BCUT2D eigenvalue weighted by molar-refractivity contribution is 0.496. The van der Waals surface area contributed by atoms with Gasteiger partial charge >= 0.3 is 0 Å². The summed E-state index contributed by atoms with van der Waals surface area (Å²) in [7, 11) is 0. The van der Waals surface area contributed by atoms with E-state index in [4.69, 9.17) is 0 Å². The Morgan fingerprint density at radius 3 is 2.89 bits per heavy atom. The highest BCUT2D eigenvalue weighted by molar-refractivity contribution is 5.48. The van der Waals surface area contributed by atoms with Crippen LogP contribution in [-0.4, -0.2) is 4.98 Å². The lowest BCUT2D eigenvalue weighted by atomic mass is 10.2. The van der Waals surface area contributed by atoms with Gasteiger partial charge in [-0.2, -0.15) is 0 Å². The monoisotopic (exact) mass is 264 g/mol. The molecule has 1 N–H and O–H groups in total. The molecular weight excluding hydrogens is 253 g/mol. The van der Waals surface area contributed by atoms with E-state index < -0.39 is 17.5 Å². The lowest BCUT2D eigenvalue weighted by Gasteiger charge is -2.15. The van der Waals surface area contributed by atoms with Crippen molar-refractivity contribution in [1.82, 2.24) is 4.98 Å². The number of anilines is 1. The molecule has 2 nitrogen and oxygen atoms in total. The van der Waals surface area contributed by atoms with Crippen LogP contribution < -0.4 is 5.32 Å². The van der Waals surface area contributed by atoms with Crippen LogP contribution in [0.2, 0.25) is 0 Å². The molecule has 0 spiro atoms. The normalized spacial score (nSPS) is 17.3. The molecule has 1 aliphatic carbocycles. The van der Waals surface area contributed by atoms with E-state index in [0.29, 0.717) is 6.07 Å². The highest BCUT2D eigenvalue weighted by atomic mass is 19.2. The van der Waals surface area contributed by atoms with Crippen molar-refractivity contribution in [3.63, 3.8) is 0 Å². The number of aryl methyl sites for hydroxylation is 1. The Kier molecular flexibility index (Phi) is 2.89. The summed E-state index contributed by atoms with van der Waals surface area (Å²) in [5.41, 5.74) is 1.73. The number of benzene rings is 1. The number of halogens is 3. The van der Waals surface area contributed by atoms with Gasteiger partial charge in [0, 0.05) is 18.3 Å². The van der Waals surface area contributed by atoms with E-state index in [2.05, 4.69) is 10.3 Å². The predicted molar refractivity (Wildman–Crippen MR) is 65.2 cm³/mol. The van der Waals surface area contributed by atoms with Crippen molar-refractivity contribution in [2.75, 3.05) is 5.32 Å². The van der Waals surface area contributed by atoms with Crippen molar-refractivity contribution in [3.8, 4) is 0 Å². The first-order valence-electron chi connectivity index (χ1n) is 6.00. The second-order valence-electron chi connectivity index (χ2n) is 4.53. The number of nitrogens with one attached hydrogen (secondary N) is 1. The van der Waals surface area contributed by atoms with Crippen molar-refractivity contribution < 1.29 is 13.2 Å². The van der Waals surface area contributed by atoms with Crippen LogP contribution in [0.25, 0.3) is 0 Å². The van der Waals surface area contributed by atoms with Gasteiger partial charge in [0.25, 0.3) is 0 Å². The molecule has 1 atom stereocenters. The summed E-state index contributed by atoms with van der Waals surface area (Å²) in [6.45, 7) is 0. The molecule has 0 bridgehead atoms. The van der Waals surface area contributed by atoms with Crippen LogP contribution in [0.15, 0.2) is 30.5 Å². The number of hydrogen-bond donors (Lipinski definition) is 1. The fraction of sp³-hybridized carbons (Fsp3) is 0.214. The molecule has 2 aromatic rings. The maximum atomic E-state index is 13.6. The molecule has 0 fully saturated rings. The zero-order valence-corrected chi connectivity index (χ0v) is 9.96. The average Bonchev–Trinajstić information content (AvgIpc) is 2.79. The molecule has 1 aliphatic rings. The third kappa shape index (κ3) is 2.16. The number of aromatic nitrogens is 1. The largest absolute Gasteiger partial charge is 0.374 e. The van der Waals surface area contributed by atoms with Crippen LogP contribution in [0.1, 0.15) is 23.7 Å². The first-order chi connectivity index (χ1) is 9.15. The highest BCUT2D eigenvalue weighted by Crippen LogP contribution is 2.33. The van der Waals surface area contributed by atoms with Crippen LogP contribution in [0.3, 0.4) is 0 Å². The van der Waals surface area contributed by atoms with Crippen LogP contribution >= 0.6 is 0 Å². The molecule has 0 radical (unpaired) electrons. The molecule has 1 unspecified atom stereocenters. The minimum atomic E-state index is -1.19. The molecule has 0 saturated heterocycles. The third-order valence-electron chi connectivity index (χ3n) is 3.28. The Balaban J connectivity index is 1.92. The fourth-order valence-corrected chi connectivity index (χ4v) is 2.40. The Morgan fingerprint density at radius 2 is 2.05 bits per heavy atom. The maximum absolute atomic E-state index is 13.6. The fourth-order valence-electron chi connectivity index (χ4n) is 2.40. The Hall–Kier alpha value is -2.04. The van der Waals surface area contributed by atoms with Gasteiger partial charge in [-0.15, -0.1) is 0 Å². The summed E-state index contributed by atoms with van der Waals surface area (Å²) < 4.78 is 39.8. The second-order valence-corrected chi connectivity index (χ2v) is 4.53. The number of rotatable bonds is 2. The number of hydrogen-bond acceptors (Lipinski definition) is 2. The number of fused-ring (bicyclic) bond motifs is 1. The van der Waals surface area contributed by atoms with Gasteiger partial charge in [-0.05, 0) is 24.5 Å². The van der Waals surface area contributed by atoms with Crippen LogP contribution in [0.5, 0.6) is 0 Å². The van der Waals surface area contributed by atoms with E-state index in [-0.39, 0.29) is 11.7 Å². The van der Waals surface area contributed by atoms with Crippen LogP contribution in [-0.2, 0) is 6.42 Å². The molecule has 1 heterocycles. The van der Waals surface area contributed by atoms with Gasteiger partial charge in [-0.25, -0.2) is 13.2 Å². The zero-order valence-electron chi connectivity index (χ0n) is 9.96. The van der Waals surface area contributed by atoms with Gasteiger partial charge in [0.1, 0.15) is 5.82 Å². The van der Waals surface area contributed by atoms with Gasteiger partial charge in [0.05, 0.1) is 17.4 Å². The summed E-state index contributed by atoms with van der Waals surface area (Å²) in [6, 6.07) is 5.06. The molecule has 1 aromatic heterocycles. The molecule has 19 heavy (non-hydrogen) atoms.